The number of sulfonamides is 1. The Morgan fingerprint density at radius 1 is 1.29 bits per heavy atom. The maximum absolute atomic E-state index is 12.0. The number of oxazole rings is 1. The van der Waals surface area contributed by atoms with Crippen LogP contribution in [-0.2, 0) is 10.0 Å². The van der Waals surface area contributed by atoms with Crippen LogP contribution >= 0.6 is 0 Å². The third-order valence-corrected chi connectivity index (χ3v) is 3.83. The number of hydrogen-bond donors (Lipinski definition) is 2. The summed E-state index contributed by atoms with van der Waals surface area (Å²) in [6.45, 7) is 0. The molecule has 9 heteroatoms. The standard InChI is InChI=1S/C12H9N3O5S/c16-12-14-10-4-3-9(6-11(10)20-12)21(17,18)15-13-7-8-2-1-5-19-8/h1-7,15H,(H,14,16)/b13-7+. The second kappa shape index (κ2) is 4.94. The molecule has 0 unspecified atom stereocenters. The number of benzene rings is 1. The molecular weight excluding hydrogens is 298 g/mol. The Bertz CT molecular complexity index is 950. The van der Waals surface area contributed by atoms with Crippen molar-refractivity contribution in [1.82, 2.24) is 9.82 Å². The second-order valence-corrected chi connectivity index (χ2v) is 5.70. The molecular formula is C12H9N3O5S. The maximum Gasteiger partial charge on any atom is 0.417 e. The number of aromatic amines is 1. The van der Waals surface area contributed by atoms with Gasteiger partial charge in [0.1, 0.15) is 5.76 Å². The van der Waals surface area contributed by atoms with Crippen molar-refractivity contribution < 1.29 is 17.3 Å². The van der Waals surface area contributed by atoms with Crippen LogP contribution in [0.25, 0.3) is 11.1 Å². The fourth-order valence-electron chi connectivity index (χ4n) is 1.67. The molecule has 108 valence electrons. The molecule has 2 aromatic heterocycles. The van der Waals surface area contributed by atoms with Crippen LogP contribution in [0.2, 0.25) is 0 Å². The smallest absolute Gasteiger partial charge is 0.417 e. The largest absolute Gasteiger partial charge is 0.463 e. The summed E-state index contributed by atoms with van der Waals surface area (Å²) in [5.41, 5.74) is 0.566. The first-order valence-electron chi connectivity index (χ1n) is 5.76. The van der Waals surface area contributed by atoms with Crippen LogP contribution in [0.4, 0.5) is 0 Å². The second-order valence-electron chi connectivity index (χ2n) is 4.04. The number of hydrogen-bond acceptors (Lipinski definition) is 6. The van der Waals surface area contributed by atoms with E-state index in [4.69, 9.17) is 8.83 Å². The highest BCUT2D eigenvalue weighted by Gasteiger charge is 2.14. The molecule has 3 rings (SSSR count). The van der Waals surface area contributed by atoms with Gasteiger partial charge in [-0.3, -0.25) is 4.98 Å². The Labute approximate surface area is 118 Å². The summed E-state index contributed by atoms with van der Waals surface area (Å²) < 4.78 is 33.8. The van der Waals surface area contributed by atoms with Crippen LogP contribution < -0.4 is 10.6 Å². The molecule has 0 spiro atoms. The van der Waals surface area contributed by atoms with Crippen LogP contribution in [-0.4, -0.2) is 19.6 Å². The van der Waals surface area contributed by atoms with E-state index in [2.05, 4.69) is 10.1 Å². The lowest BCUT2D eigenvalue weighted by Gasteiger charge is -2.02. The van der Waals surface area contributed by atoms with Gasteiger partial charge in [0.2, 0.25) is 0 Å². The summed E-state index contributed by atoms with van der Waals surface area (Å²) in [7, 11) is -3.86. The van der Waals surface area contributed by atoms with Gasteiger partial charge in [0.05, 0.1) is 22.9 Å². The van der Waals surface area contributed by atoms with Gasteiger partial charge in [-0.1, -0.05) is 0 Å². The average Bonchev–Trinajstić information content (AvgIpc) is 3.05. The van der Waals surface area contributed by atoms with E-state index in [9.17, 15) is 13.2 Å². The molecule has 0 saturated carbocycles. The molecule has 0 bridgehead atoms. The Morgan fingerprint density at radius 2 is 2.14 bits per heavy atom. The molecule has 0 aliphatic rings. The van der Waals surface area contributed by atoms with Crippen molar-refractivity contribution in [2.75, 3.05) is 0 Å². The SMILES string of the molecule is O=c1[nH]c2ccc(S(=O)(=O)N/N=C/c3ccco3)cc2o1. The molecule has 8 nitrogen and oxygen atoms in total. The summed E-state index contributed by atoms with van der Waals surface area (Å²) in [6, 6.07) is 7.28. The topological polar surface area (TPSA) is 118 Å². The van der Waals surface area contributed by atoms with Gasteiger partial charge < -0.3 is 8.83 Å². The van der Waals surface area contributed by atoms with E-state index >= 15 is 0 Å². The van der Waals surface area contributed by atoms with Crippen molar-refractivity contribution in [1.29, 1.82) is 0 Å². The predicted octanol–water partition coefficient (Wildman–Crippen LogP) is 1.03. The van der Waals surface area contributed by atoms with Gasteiger partial charge in [-0.25, -0.2) is 4.79 Å². The van der Waals surface area contributed by atoms with Gasteiger partial charge in [0.15, 0.2) is 5.58 Å². The van der Waals surface area contributed by atoms with Crippen LogP contribution in [0.3, 0.4) is 0 Å². The van der Waals surface area contributed by atoms with Gasteiger partial charge in [-0.15, -0.1) is 0 Å². The van der Waals surface area contributed by atoms with Gasteiger partial charge in [-0.05, 0) is 24.3 Å². The lowest BCUT2D eigenvalue weighted by molar-refractivity contribution is 0.553. The highest BCUT2D eigenvalue weighted by molar-refractivity contribution is 7.89. The first-order chi connectivity index (χ1) is 10.0. The molecule has 0 radical (unpaired) electrons. The zero-order valence-corrected chi connectivity index (χ0v) is 11.3. The fraction of sp³-hybridized carbons (Fsp3) is 0. The number of aromatic nitrogens is 1. The Balaban J connectivity index is 1.87. The molecule has 0 fully saturated rings. The van der Waals surface area contributed by atoms with Gasteiger partial charge in [-0.2, -0.15) is 18.4 Å². The minimum atomic E-state index is -3.86. The van der Waals surface area contributed by atoms with E-state index in [-0.39, 0.29) is 10.5 Å². The van der Waals surface area contributed by atoms with Gasteiger partial charge in [0, 0.05) is 6.07 Å². The fourth-order valence-corrected chi connectivity index (χ4v) is 2.48. The van der Waals surface area contributed by atoms with E-state index in [1.54, 1.807) is 12.1 Å². The maximum atomic E-state index is 12.0. The van der Waals surface area contributed by atoms with E-state index in [1.165, 1.54) is 30.7 Å². The Hall–Kier alpha value is -2.81. The van der Waals surface area contributed by atoms with Crippen molar-refractivity contribution in [3.63, 3.8) is 0 Å². The molecule has 0 saturated heterocycles. The Morgan fingerprint density at radius 3 is 2.90 bits per heavy atom. The molecule has 0 atom stereocenters. The van der Waals surface area contributed by atoms with E-state index < -0.39 is 15.8 Å². The lowest BCUT2D eigenvalue weighted by Crippen LogP contribution is -2.18. The quantitative estimate of drug-likeness (QED) is 0.551. The molecule has 2 heterocycles. The number of furan rings is 1. The first kappa shape index (κ1) is 13.2. The monoisotopic (exact) mass is 307 g/mol. The molecule has 0 aliphatic carbocycles. The molecule has 0 aliphatic heterocycles. The molecule has 21 heavy (non-hydrogen) atoms. The van der Waals surface area contributed by atoms with Crippen LogP contribution in [0.15, 0.2) is 60.2 Å². The normalized spacial score (nSPS) is 12.2. The minimum absolute atomic E-state index is 0.0747. The van der Waals surface area contributed by atoms with Crippen LogP contribution in [0.5, 0.6) is 0 Å². The zero-order valence-electron chi connectivity index (χ0n) is 10.4. The Kier molecular flexibility index (Phi) is 3.10. The van der Waals surface area contributed by atoms with Gasteiger partial charge in [0.25, 0.3) is 10.0 Å². The van der Waals surface area contributed by atoms with Crippen LogP contribution in [0.1, 0.15) is 5.76 Å². The summed E-state index contributed by atoms with van der Waals surface area (Å²) >= 11 is 0. The number of rotatable bonds is 4. The van der Waals surface area contributed by atoms with Crippen LogP contribution in [0, 0.1) is 0 Å². The van der Waals surface area contributed by atoms with E-state index in [0.29, 0.717) is 11.3 Å². The zero-order chi connectivity index (χ0) is 14.9. The predicted molar refractivity (Wildman–Crippen MR) is 73.5 cm³/mol. The highest BCUT2D eigenvalue weighted by Crippen LogP contribution is 2.16. The summed E-state index contributed by atoms with van der Waals surface area (Å²) in [5.74, 6) is -0.242. The first-order valence-corrected chi connectivity index (χ1v) is 7.24. The number of nitrogens with one attached hydrogen (secondary N) is 2. The average molecular weight is 307 g/mol. The molecule has 1 aromatic carbocycles. The van der Waals surface area contributed by atoms with Crippen molar-refractivity contribution >= 4 is 27.3 Å². The third-order valence-electron chi connectivity index (χ3n) is 2.61. The lowest BCUT2D eigenvalue weighted by atomic mass is 10.3. The third kappa shape index (κ3) is 2.72. The summed E-state index contributed by atoms with van der Waals surface area (Å²) in [5, 5.41) is 3.59. The molecule has 3 aromatic rings. The van der Waals surface area contributed by atoms with Gasteiger partial charge >= 0.3 is 5.76 Å². The molecule has 2 N–H and O–H groups in total. The number of fused-ring (bicyclic) bond motifs is 1. The highest BCUT2D eigenvalue weighted by atomic mass is 32.2. The summed E-state index contributed by atoms with van der Waals surface area (Å²) in [4.78, 5) is 15.4. The van der Waals surface area contributed by atoms with Crippen molar-refractivity contribution in [3.8, 4) is 0 Å². The summed E-state index contributed by atoms with van der Waals surface area (Å²) in [6.07, 6.45) is 2.67. The molecule has 0 amide bonds. The van der Waals surface area contributed by atoms with E-state index in [1.807, 2.05) is 4.83 Å². The van der Waals surface area contributed by atoms with Crippen molar-refractivity contribution in [2.24, 2.45) is 5.10 Å². The number of hydrazone groups is 1. The van der Waals surface area contributed by atoms with Crippen molar-refractivity contribution in [2.45, 2.75) is 4.90 Å². The number of nitrogens with zero attached hydrogens (tertiary/aromatic N) is 1. The van der Waals surface area contributed by atoms with Crippen molar-refractivity contribution in [3.05, 3.63) is 52.9 Å². The minimum Gasteiger partial charge on any atom is -0.463 e. The van der Waals surface area contributed by atoms with E-state index in [0.717, 1.165) is 0 Å². The number of H-pyrrole nitrogens is 1.